The van der Waals surface area contributed by atoms with E-state index in [1.54, 1.807) is 36.1 Å². The van der Waals surface area contributed by atoms with Gasteiger partial charge in [0.2, 0.25) is 5.95 Å². The molecule has 2 heterocycles. The van der Waals surface area contributed by atoms with Gasteiger partial charge in [-0.3, -0.25) is 4.79 Å². The Balaban J connectivity index is 1.46. The summed E-state index contributed by atoms with van der Waals surface area (Å²) in [7, 11) is 1.58. The smallest absolute Gasteiger partial charge is 0.255 e. The predicted molar refractivity (Wildman–Crippen MR) is 143 cm³/mol. The molecule has 4 aromatic rings. The van der Waals surface area contributed by atoms with Crippen LogP contribution < -0.4 is 20.1 Å². The van der Waals surface area contributed by atoms with Crippen LogP contribution in [0.15, 0.2) is 84.3 Å². The fraction of sp³-hybridized carbons (Fsp3) is 0.148. The number of allylic oxidation sites excluding steroid dienone is 1. The zero-order valence-corrected chi connectivity index (χ0v) is 21.5. The van der Waals surface area contributed by atoms with Crippen molar-refractivity contribution >= 4 is 40.7 Å². The maximum Gasteiger partial charge on any atom is 0.255 e. The Morgan fingerprint density at radius 1 is 1.03 bits per heavy atom. The molecule has 5 rings (SSSR count). The Morgan fingerprint density at radius 3 is 2.43 bits per heavy atom. The number of hydrogen-bond donors (Lipinski definition) is 2. The predicted octanol–water partition coefficient (Wildman–Crippen LogP) is 6.10. The van der Waals surface area contributed by atoms with Gasteiger partial charge in [0.1, 0.15) is 19.0 Å². The number of rotatable bonds is 7. The third-order valence-electron chi connectivity index (χ3n) is 5.95. The van der Waals surface area contributed by atoms with Crippen molar-refractivity contribution < 1.29 is 14.3 Å². The van der Waals surface area contributed by atoms with E-state index in [1.165, 1.54) is 6.33 Å². The van der Waals surface area contributed by atoms with Crippen molar-refractivity contribution in [1.82, 2.24) is 14.8 Å². The van der Waals surface area contributed by atoms with E-state index in [4.69, 9.17) is 32.7 Å². The summed E-state index contributed by atoms with van der Waals surface area (Å²) in [6.07, 6.45) is 1.45. The number of fused-ring (bicyclic) bond motifs is 1. The molecule has 0 saturated heterocycles. The normalized spacial score (nSPS) is 14.5. The van der Waals surface area contributed by atoms with E-state index in [0.717, 1.165) is 11.1 Å². The molecule has 10 heteroatoms. The molecule has 0 saturated carbocycles. The number of methoxy groups -OCH3 is 1. The minimum absolute atomic E-state index is 0.277. The van der Waals surface area contributed by atoms with Crippen LogP contribution in [-0.4, -0.2) is 27.8 Å². The molecule has 3 aromatic carbocycles. The molecular weight excluding hydrogens is 513 g/mol. The van der Waals surface area contributed by atoms with E-state index in [2.05, 4.69) is 20.7 Å². The molecule has 1 atom stereocenters. The molecule has 37 heavy (non-hydrogen) atoms. The van der Waals surface area contributed by atoms with Crippen LogP contribution >= 0.6 is 23.2 Å². The maximum absolute atomic E-state index is 13.5. The van der Waals surface area contributed by atoms with Gasteiger partial charge in [-0.2, -0.15) is 10.1 Å². The summed E-state index contributed by atoms with van der Waals surface area (Å²) >= 11 is 12.0. The van der Waals surface area contributed by atoms with Crippen molar-refractivity contribution in [3.63, 3.8) is 0 Å². The van der Waals surface area contributed by atoms with E-state index >= 15 is 0 Å². The van der Waals surface area contributed by atoms with E-state index in [9.17, 15) is 4.79 Å². The van der Waals surface area contributed by atoms with Gasteiger partial charge in [0.25, 0.3) is 5.91 Å². The second-order valence-corrected chi connectivity index (χ2v) is 9.25. The lowest BCUT2D eigenvalue weighted by atomic mass is 9.94. The lowest BCUT2D eigenvalue weighted by molar-refractivity contribution is -0.113. The van der Waals surface area contributed by atoms with Gasteiger partial charge in [0.15, 0.2) is 11.5 Å². The Morgan fingerprint density at radius 2 is 1.73 bits per heavy atom. The molecule has 0 unspecified atom stereocenters. The van der Waals surface area contributed by atoms with Crippen molar-refractivity contribution in [3.05, 3.63) is 105 Å². The summed E-state index contributed by atoms with van der Waals surface area (Å²) in [4.78, 5) is 17.8. The summed E-state index contributed by atoms with van der Waals surface area (Å²) < 4.78 is 13.3. The zero-order chi connectivity index (χ0) is 25.9. The highest BCUT2D eigenvalue weighted by molar-refractivity contribution is 6.30. The molecule has 2 N–H and O–H groups in total. The first-order chi connectivity index (χ1) is 17.9. The molecule has 0 bridgehead atoms. The quantitative estimate of drug-likeness (QED) is 0.297. The SMILES string of the molecule is COc1cc([C@H]2C(C(=O)Nc3ccc(Cl)cc3)=C(C)Nc3ncnn32)ccc1OCc1ccc(Cl)cc1. The maximum atomic E-state index is 13.5. The molecule has 0 aliphatic carbocycles. The second-order valence-electron chi connectivity index (χ2n) is 8.38. The monoisotopic (exact) mass is 535 g/mol. The van der Waals surface area contributed by atoms with Crippen LogP contribution in [0.3, 0.4) is 0 Å². The molecule has 8 nitrogen and oxygen atoms in total. The summed E-state index contributed by atoms with van der Waals surface area (Å²) in [5.41, 5.74) is 3.54. The number of carbonyl (C=O) groups excluding carboxylic acids is 1. The fourth-order valence-electron chi connectivity index (χ4n) is 4.14. The number of anilines is 2. The highest BCUT2D eigenvalue weighted by Gasteiger charge is 2.34. The van der Waals surface area contributed by atoms with Crippen LogP contribution in [0.4, 0.5) is 11.6 Å². The molecule has 1 aliphatic rings. The molecule has 0 fully saturated rings. The van der Waals surface area contributed by atoms with E-state index in [-0.39, 0.29) is 5.91 Å². The molecule has 1 amide bonds. The van der Waals surface area contributed by atoms with Crippen molar-refractivity contribution in [2.45, 2.75) is 19.6 Å². The first kappa shape index (κ1) is 24.7. The second kappa shape index (κ2) is 10.5. The van der Waals surface area contributed by atoms with E-state index in [1.807, 2.05) is 49.4 Å². The molecule has 0 spiro atoms. The average Bonchev–Trinajstić information content (AvgIpc) is 3.37. The molecule has 0 radical (unpaired) electrons. The van der Waals surface area contributed by atoms with Crippen molar-refractivity contribution in [2.24, 2.45) is 0 Å². The van der Waals surface area contributed by atoms with Crippen molar-refractivity contribution in [2.75, 3.05) is 17.7 Å². The van der Waals surface area contributed by atoms with Gasteiger partial charge in [-0.15, -0.1) is 0 Å². The summed E-state index contributed by atoms with van der Waals surface area (Å²) in [5, 5.41) is 11.8. The van der Waals surface area contributed by atoms with Gasteiger partial charge < -0.3 is 20.1 Å². The topological polar surface area (TPSA) is 90.3 Å². The van der Waals surface area contributed by atoms with Crippen LogP contribution in [-0.2, 0) is 11.4 Å². The van der Waals surface area contributed by atoms with E-state index < -0.39 is 6.04 Å². The number of hydrogen-bond acceptors (Lipinski definition) is 6. The zero-order valence-electron chi connectivity index (χ0n) is 20.0. The third kappa shape index (κ3) is 5.26. The minimum atomic E-state index is -0.551. The molecule has 188 valence electrons. The molecule has 1 aromatic heterocycles. The Bertz CT molecular complexity index is 1470. The van der Waals surface area contributed by atoms with Crippen molar-refractivity contribution in [3.8, 4) is 11.5 Å². The number of aromatic nitrogens is 3. The lowest BCUT2D eigenvalue weighted by Crippen LogP contribution is -2.31. The number of nitrogens with zero attached hydrogens (tertiary/aromatic N) is 3. The number of benzene rings is 3. The minimum Gasteiger partial charge on any atom is -0.493 e. The van der Waals surface area contributed by atoms with E-state index in [0.29, 0.717) is 51.1 Å². The summed E-state index contributed by atoms with van der Waals surface area (Å²) in [6, 6.07) is 19.4. The molecule has 1 aliphatic heterocycles. The van der Waals surface area contributed by atoms with Crippen LogP contribution in [0.5, 0.6) is 11.5 Å². The fourth-order valence-corrected chi connectivity index (χ4v) is 4.39. The van der Waals surface area contributed by atoms with Crippen LogP contribution in [0.25, 0.3) is 0 Å². The first-order valence-electron chi connectivity index (χ1n) is 11.4. The highest BCUT2D eigenvalue weighted by Crippen LogP contribution is 2.39. The highest BCUT2D eigenvalue weighted by atomic mass is 35.5. The van der Waals surface area contributed by atoms with Crippen LogP contribution in [0.1, 0.15) is 24.1 Å². The molecular formula is C27H23Cl2N5O3. The summed E-state index contributed by atoms with van der Waals surface area (Å²) in [6.45, 7) is 2.18. The van der Waals surface area contributed by atoms with Crippen LogP contribution in [0, 0.1) is 0 Å². The van der Waals surface area contributed by atoms with Crippen LogP contribution in [0.2, 0.25) is 10.0 Å². The number of carbonyl (C=O) groups is 1. The van der Waals surface area contributed by atoms with Crippen molar-refractivity contribution in [1.29, 1.82) is 0 Å². The third-order valence-corrected chi connectivity index (χ3v) is 6.46. The average molecular weight is 536 g/mol. The number of ether oxygens (including phenoxy) is 2. The number of amides is 1. The van der Waals surface area contributed by atoms with Gasteiger partial charge in [0, 0.05) is 21.4 Å². The number of nitrogens with one attached hydrogen (secondary N) is 2. The number of halogens is 2. The van der Waals surface area contributed by atoms with Gasteiger partial charge >= 0.3 is 0 Å². The first-order valence-corrected chi connectivity index (χ1v) is 12.2. The van der Waals surface area contributed by atoms with Gasteiger partial charge in [0.05, 0.1) is 12.7 Å². The van der Waals surface area contributed by atoms with Gasteiger partial charge in [-0.25, -0.2) is 4.68 Å². The Hall–Kier alpha value is -4.01. The van der Waals surface area contributed by atoms with Gasteiger partial charge in [-0.1, -0.05) is 41.4 Å². The standard InChI is InChI=1S/C27H23Cl2N5O3/c1-16-24(26(35)33-21-10-8-20(29)9-11-21)25(34-27(32-16)30-15-31-34)18-5-12-22(23(13-18)36-2)37-14-17-3-6-19(28)7-4-17/h3-13,15,25H,14H2,1-2H3,(H,33,35)(H,30,31,32)/t25-/m0/s1. The lowest BCUT2D eigenvalue weighted by Gasteiger charge is -2.29. The Kier molecular flexibility index (Phi) is 7.03. The Labute approximate surface area is 223 Å². The largest absolute Gasteiger partial charge is 0.493 e. The summed E-state index contributed by atoms with van der Waals surface area (Å²) in [5.74, 6) is 1.36. The van der Waals surface area contributed by atoms with Gasteiger partial charge in [-0.05, 0) is 66.6 Å².